The van der Waals surface area contributed by atoms with Crippen LogP contribution in [0.2, 0.25) is 0 Å². The zero-order valence-electron chi connectivity index (χ0n) is 13.3. The van der Waals surface area contributed by atoms with E-state index in [0.29, 0.717) is 6.61 Å². The van der Waals surface area contributed by atoms with E-state index in [4.69, 9.17) is 9.47 Å². The minimum absolute atomic E-state index is 0.0522. The normalized spacial score (nSPS) is 18.5. The molecule has 1 saturated heterocycles. The number of hydrogen-bond acceptors (Lipinski definition) is 5. The van der Waals surface area contributed by atoms with Crippen molar-refractivity contribution in [2.45, 2.75) is 32.0 Å². The first-order chi connectivity index (χ1) is 11.6. The van der Waals surface area contributed by atoms with E-state index in [2.05, 4.69) is 20.5 Å². The lowest BCUT2D eigenvalue weighted by Gasteiger charge is -2.15. The van der Waals surface area contributed by atoms with Crippen molar-refractivity contribution in [1.82, 2.24) is 15.2 Å². The molecule has 0 aliphatic carbocycles. The molecule has 1 aromatic heterocycles. The van der Waals surface area contributed by atoms with Gasteiger partial charge in [-0.2, -0.15) is 4.98 Å². The van der Waals surface area contributed by atoms with E-state index < -0.39 is 11.9 Å². The van der Waals surface area contributed by atoms with E-state index in [0.717, 1.165) is 19.4 Å². The van der Waals surface area contributed by atoms with Gasteiger partial charge in [-0.05, 0) is 31.9 Å². The number of halogens is 1. The summed E-state index contributed by atoms with van der Waals surface area (Å²) in [5.41, 5.74) is 0.285. The van der Waals surface area contributed by atoms with E-state index in [9.17, 15) is 9.18 Å². The Morgan fingerprint density at radius 1 is 1.54 bits per heavy atom. The molecule has 0 bridgehead atoms. The highest BCUT2D eigenvalue weighted by molar-refractivity contribution is 5.92. The molecule has 0 unspecified atom stereocenters. The lowest BCUT2D eigenvalue weighted by Crippen LogP contribution is -2.30. The number of ether oxygens (including phenoxy) is 2. The Labute approximate surface area is 138 Å². The summed E-state index contributed by atoms with van der Waals surface area (Å²) in [5.74, 6) is -0.464. The van der Waals surface area contributed by atoms with Crippen molar-refractivity contribution in [1.29, 1.82) is 0 Å². The van der Waals surface area contributed by atoms with Gasteiger partial charge in [0, 0.05) is 6.61 Å². The predicted molar refractivity (Wildman–Crippen MR) is 84.8 cm³/mol. The van der Waals surface area contributed by atoms with Crippen LogP contribution in [0.3, 0.4) is 0 Å². The van der Waals surface area contributed by atoms with E-state index in [1.807, 2.05) is 0 Å². The van der Waals surface area contributed by atoms with Crippen LogP contribution < -0.4 is 5.32 Å². The summed E-state index contributed by atoms with van der Waals surface area (Å²) in [6, 6.07) is 6.19. The maximum Gasteiger partial charge on any atom is 0.255 e. The van der Waals surface area contributed by atoms with Crippen molar-refractivity contribution in [2.75, 3.05) is 18.5 Å². The molecule has 7 nitrogen and oxygen atoms in total. The number of carbonyl (C=O) groups is 1. The van der Waals surface area contributed by atoms with Crippen molar-refractivity contribution in [3.05, 3.63) is 30.1 Å². The quantitative estimate of drug-likeness (QED) is 0.845. The Kier molecular flexibility index (Phi) is 5.17. The van der Waals surface area contributed by atoms with Gasteiger partial charge in [0.1, 0.15) is 11.9 Å². The molecule has 128 valence electrons. The van der Waals surface area contributed by atoms with Crippen LogP contribution >= 0.6 is 0 Å². The van der Waals surface area contributed by atoms with Crippen LogP contribution in [0.15, 0.2) is 24.3 Å². The lowest BCUT2D eigenvalue weighted by atomic mass is 10.2. The number of aromatic amines is 1. The number of hydrogen-bond donors (Lipinski definition) is 2. The maximum atomic E-state index is 13.7. The van der Waals surface area contributed by atoms with Gasteiger partial charge in [-0.3, -0.25) is 15.2 Å². The molecule has 0 radical (unpaired) electrons. The fraction of sp³-hybridized carbons (Fsp3) is 0.438. The number of amides is 1. The highest BCUT2D eigenvalue weighted by Gasteiger charge is 2.21. The number of rotatable bonds is 6. The summed E-state index contributed by atoms with van der Waals surface area (Å²) >= 11 is 0. The average Bonchev–Trinajstić information content (AvgIpc) is 3.24. The summed E-state index contributed by atoms with van der Waals surface area (Å²) < 4.78 is 24.7. The molecule has 24 heavy (non-hydrogen) atoms. The number of benzene rings is 1. The fourth-order valence-corrected chi connectivity index (χ4v) is 2.41. The maximum absolute atomic E-state index is 13.7. The third-order valence-corrected chi connectivity index (χ3v) is 3.77. The molecule has 2 N–H and O–H groups in total. The minimum Gasteiger partial charge on any atom is -0.376 e. The number of aromatic nitrogens is 3. The van der Waals surface area contributed by atoms with Gasteiger partial charge in [0.25, 0.3) is 5.91 Å². The highest BCUT2D eigenvalue weighted by Crippen LogP contribution is 2.19. The standard InChI is InChI=1S/C16H19FN4O3/c1-10(24-9-11-5-4-8-23-11)15(22)19-16-18-14(20-21-16)12-6-2-3-7-13(12)17/h2-3,6-7,10-11H,4-5,8-9H2,1H3,(H2,18,19,20,21,22)/t10-,11+/m1/s1. The van der Waals surface area contributed by atoms with E-state index >= 15 is 0 Å². The van der Waals surface area contributed by atoms with E-state index in [1.54, 1.807) is 25.1 Å². The molecule has 0 spiro atoms. The third kappa shape index (κ3) is 3.95. The highest BCUT2D eigenvalue weighted by atomic mass is 19.1. The van der Waals surface area contributed by atoms with Crippen molar-refractivity contribution in [2.24, 2.45) is 0 Å². The first kappa shape index (κ1) is 16.5. The number of H-pyrrole nitrogens is 1. The molecule has 1 amide bonds. The topological polar surface area (TPSA) is 89.1 Å². The number of carbonyl (C=O) groups excluding carboxylic acids is 1. The summed E-state index contributed by atoms with van der Waals surface area (Å²) in [6.45, 7) is 2.77. The van der Waals surface area contributed by atoms with Gasteiger partial charge in [0.15, 0.2) is 5.82 Å². The van der Waals surface area contributed by atoms with Gasteiger partial charge < -0.3 is 9.47 Å². The lowest BCUT2D eigenvalue weighted by molar-refractivity contribution is -0.128. The second-order valence-corrected chi connectivity index (χ2v) is 5.59. The van der Waals surface area contributed by atoms with Gasteiger partial charge in [-0.15, -0.1) is 5.10 Å². The van der Waals surface area contributed by atoms with Crippen molar-refractivity contribution in [3.63, 3.8) is 0 Å². The third-order valence-electron chi connectivity index (χ3n) is 3.77. The Bertz CT molecular complexity index is 700. The van der Waals surface area contributed by atoms with Crippen LogP contribution in [0.4, 0.5) is 10.3 Å². The molecular formula is C16H19FN4O3. The Hall–Kier alpha value is -2.32. The largest absolute Gasteiger partial charge is 0.376 e. The smallest absolute Gasteiger partial charge is 0.255 e. The van der Waals surface area contributed by atoms with Gasteiger partial charge in [0.05, 0.1) is 18.3 Å². The Morgan fingerprint density at radius 3 is 3.12 bits per heavy atom. The van der Waals surface area contributed by atoms with Gasteiger partial charge in [-0.25, -0.2) is 4.39 Å². The Morgan fingerprint density at radius 2 is 2.38 bits per heavy atom. The molecule has 8 heteroatoms. The van der Waals surface area contributed by atoms with E-state index in [-0.39, 0.29) is 29.3 Å². The van der Waals surface area contributed by atoms with Crippen molar-refractivity contribution < 1.29 is 18.7 Å². The summed E-state index contributed by atoms with van der Waals surface area (Å²) in [4.78, 5) is 16.2. The van der Waals surface area contributed by atoms with Gasteiger partial charge in [-0.1, -0.05) is 12.1 Å². The number of nitrogens with one attached hydrogen (secondary N) is 2. The predicted octanol–water partition coefficient (Wildman–Crippen LogP) is 2.13. The first-order valence-corrected chi connectivity index (χ1v) is 7.85. The van der Waals surface area contributed by atoms with Crippen molar-refractivity contribution >= 4 is 11.9 Å². The molecule has 1 aliphatic heterocycles. The van der Waals surface area contributed by atoms with Crippen LogP contribution in [0.25, 0.3) is 11.4 Å². The zero-order chi connectivity index (χ0) is 16.9. The molecular weight excluding hydrogens is 315 g/mol. The van der Waals surface area contributed by atoms with Crippen LogP contribution in [0, 0.1) is 5.82 Å². The number of nitrogens with zero attached hydrogens (tertiary/aromatic N) is 2. The van der Waals surface area contributed by atoms with Crippen molar-refractivity contribution in [3.8, 4) is 11.4 Å². The first-order valence-electron chi connectivity index (χ1n) is 7.85. The van der Waals surface area contributed by atoms with Crippen LogP contribution in [0.1, 0.15) is 19.8 Å². The van der Waals surface area contributed by atoms with Crippen LogP contribution in [-0.2, 0) is 14.3 Å². The molecule has 3 rings (SSSR count). The molecule has 1 aromatic carbocycles. The molecule has 2 heterocycles. The number of anilines is 1. The second kappa shape index (κ2) is 7.50. The van der Waals surface area contributed by atoms with Crippen LogP contribution in [0.5, 0.6) is 0 Å². The van der Waals surface area contributed by atoms with Crippen LogP contribution in [-0.4, -0.2) is 46.5 Å². The molecule has 1 aliphatic rings. The second-order valence-electron chi connectivity index (χ2n) is 5.59. The van der Waals surface area contributed by atoms with Gasteiger partial charge in [0.2, 0.25) is 5.95 Å². The molecule has 2 aromatic rings. The summed E-state index contributed by atoms with van der Waals surface area (Å²) in [5, 5.41) is 9.03. The monoisotopic (exact) mass is 334 g/mol. The van der Waals surface area contributed by atoms with E-state index in [1.165, 1.54) is 6.07 Å². The summed E-state index contributed by atoms with van der Waals surface area (Å²) in [7, 11) is 0. The molecule has 2 atom stereocenters. The molecule has 1 fully saturated rings. The fourth-order valence-electron chi connectivity index (χ4n) is 2.41. The zero-order valence-corrected chi connectivity index (χ0v) is 13.3. The van der Waals surface area contributed by atoms with Gasteiger partial charge >= 0.3 is 0 Å². The Balaban J connectivity index is 1.55. The summed E-state index contributed by atoms with van der Waals surface area (Å²) in [6.07, 6.45) is 1.35. The SMILES string of the molecule is C[C@@H](OC[C@@H]1CCCO1)C(=O)Nc1n[nH]c(-c2ccccc2F)n1. The molecule has 0 saturated carbocycles. The minimum atomic E-state index is -0.662. The average molecular weight is 334 g/mol.